The first kappa shape index (κ1) is 18.1. The van der Waals surface area contributed by atoms with E-state index in [0.717, 1.165) is 21.5 Å². The Kier molecular flexibility index (Phi) is 4.31. The number of thiophene rings is 1. The van der Waals surface area contributed by atoms with E-state index in [2.05, 4.69) is 20.6 Å². The molecular formula is C19H18N6O2S. The van der Waals surface area contributed by atoms with Gasteiger partial charge < -0.3 is 0 Å². The lowest BCUT2D eigenvalue weighted by Crippen LogP contribution is -2.35. The van der Waals surface area contributed by atoms with E-state index in [1.54, 1.807) is 25.3 Å². The van der Waals surface area contributed by atoms with Gasteiger partial charge in [-0.05, 0) is 50.8 Å². The topological polar surface area (TPSA) is 94.7 Å². The molecule has 1 N–H and O–H groups in total. The Morgan fingerprint density at radius 1 is 1.11 bits per heavy atom. The summed E-state index contributed by atoms with van der Waals surface area (Å²) >= 11 is 1.38. The number of nitrogens with zero attached hydrogens (tertiary/aromatic N) is 5. The van der Waals surface area contributed by atoms with E-state index >= 15 is 0 Å². The van der Waals surface area contributed by atoms with Crippen LogP contribution in [0.5, 0.6) is 0 Å². The average Bonchev–Trinajstić information content (AvgIpc) is 3.25. The first-order valence-corrected chi connectivity index (χ1v) is 9.53. The van der Waals surface area contributed by atoms with Crippen molar-refractivity contribution in [2.24, 2.45) is 0 Å². The number of benzene rings is 1. The Hall–Kier alpha value is -3.33. The van der Waals surface area contributed by atoms with Gasteiger partial charge in [-0.25, -0.2) is 9.66 Å². The molecule has 3 heterocycles. The van der Waals surface area contributed by atoms with E-state index in [1.807, 2.05) is 32.0 Å². The number of carbonyl (C=O) groups is 1. The van der Waals surface area contributed by atoms with Crippen LogP contribution in [0.1, 0.15) is 33.1 Å². The highest BCUT2D eigenvalue weighted by Gasteiger charge is 2.19. The summed E-state index contributed by atoms with van der Waals surface area (Å²) in [6, 6.07) is 7.60. The van der Waals surface area contributed by atoms with E-state index in [9.17, 15) is 9.59 Å². The number of nitrogens with one attached hydrogen (secondary N) is 1. The fourth-order valence-electron chi connectivity index (χ4n) is 3.03. The minimum atomic E-state index is -0.518. The lowest BCUT2D eigenvalue weighted by Gasteiger charge is -2.09. The van der Waals surface area contributed by atoms with Gasteiger partial charge >= 0.3 is 0 Å². The van der Waals surface area contributed by atoms with Crippen molar-refractivity contribution in [3.05, 3.63) is 68.3 Å². The maximum absolute atomic E-state index is 12.8. The van der Waals surface area contributed by atoms with Crippen LogP contribution in [-0.4, -0.2) is 30.6 Å². The lowest BCUT2D eigenvalue weighted by molar-refractivity contribution is 0.100. The highest BCUT2D eigenvalue weighted by atomic mass is 32.1. The van der Waals surface area contributed by atoms with Gasteiger partial charge in [-0.1, -0.05) is 17.7 Å². The second-order valence-corrected chi connectivity index (χ2v) is 7.49. The van der Waals surface area contributed by atoms with Crippen LogP contribution >= 0.6 is 11.3 Å². The van der Waals surface area contributed by atoms with Crippen LogP contribution in [0, 0.1) is 27.7 Å². The summed E-state index contributed by atoms with van der Waals surface area (Å²) in [6.07, 6.45) is 0. The number of hydrogen-bond acceptors (Lipinski definition) is 6. The van der Waals surface area contributed by atoms with Crippen LogP contribution in [0.2, 0.25) is 0 Å². The van der Waals surface area contributed by atoms with E-state index in [4.69, 9.17) is 0 Å². The number of aromatic nitrogens is 5. The highest BCUT2D eigenvalue weighted by Crippen LogP contribution is 2.16. The van der Waals surface area contributed by atoms with Crippen LogP contribution in [0.4, 0.5) is 0 Å². The fraction of sp³-hybridized carbons (Fsp3) is 0.211. The van der Waals surface area contributed by atoms with Gasteiger partial charge in [-0.3, -0.25) is 15.0 Å². The Labute approximate surface area is 164 Å². The zero-order chi connectivity index (χ0) is 20.0. The molecule has 0 aliphatic carbocycles. The largest absolute Gasteiger partial charge is 0.292 e. The Balaban J connectivity index is 1.70. The molecule has 0 atom stereocenters. The summed E-state index contributed by atoms with van der Waals surface area (Å²) in [6.45, 7) is 7.35. The van der Waals surface area contributed by atoms with Gasteiger partial charge in [0.15, 0.2) is 5.69 Å². The molecule has 3 aromatic heterocycles. The molecule has 0 aliphatic heterocycles. The summed E-state index contributed by atoms with van der Waals surface area (Å²) in [5, 5.41) is 11.0. The molecule has 1 amide bonds. The number of aryl methyl sites for hydroxylation is 4. The molecule has 0 bridgehead atoms. The van der Waals surface area contributed by atoms with Crippen molar-refractivity contribution in [3.8, 4) is 5.69 Å². The van der Waals surface area contributed by atoms with Gasteiger partial charge in [-0.2, -0.15) is 9.90 Å². The van der Waals surface area contributed by atoms with Crippen LogP contribution in [0.15, 0.2) is 34.4 Å². The van der Waals surface area contributed by atoms with Crippen LogP contribution in [-0.2, 0) is 0 Å². The molecule has 0 radical (unpaired) electrons. The molecule has 0 spiro atoms. The lowest BCUT2D eigenvalue weighted by atomic mass is 10.1. The normalized spacial score (nSPS) is 11.1. The standard InChI is InChI=1S/C19H18N6O2S/c1-10-5-6-15(11(2)9-10)25-21-12(3)16(22-25)17(26)23-24-13(4)20-18-14(19(24)27)7-8-28-18/h5-9H,1-4H3,(H,23,26). The minimum absolute atomic E-state index is 0.150. The summed E-state index contributed by atoms with van der Waals surface area (Å²) in [4.78, 5) is 31.9. The number of fused-ring (bicyclic) bond motifs is 1. The SMILES string of the molecule is Cc1ccc(-n2nc(C)c(C(=O)Nn3c(C)nc4sccc4c3=O)n2)c(C)c1. The van der Waals surface area contributed by atoms with E-state index < -0.39 is 5.91 Å². The number of rotatable bonds is 3. The molecule has 8 nitrogen and oxygen atoms in total. The summed E-state index contributed by atoms with van der Waals surface area (Å²) in [5.74, 6) is -0.122. The van der Waals surface area contributed by atoms with Crippen molar-refractivity contribution < 1.29 is 4.79 Å². The molecular weight excluding hydrogens is 376 g/mol. The fourth-order valence-corrected chi connectivity index (χ4v) is 3.83. The van der Waals surface area contributed by atoms with E-state index in [1.165, 1.54) is 16.1 Å². The third-order valence-corrected chi connectivity index (χ3v) is 5.25. The average molecular weight is 394 g/mol. The van der Waals surface area contributed by atoms with Gasteiger partial charge in [-0.15, -0.1) is 16.4 Å². The smallest absolute Gasteiger partial charge is 0.267 e. The molecule has 0 fully saturated rings. The van der Waals surface area contributed by atoms with Gasteiger partial charge in [0.05, 0.1) is 16.8 Å². The van der Waals surface area contributed by atoms with Crippen molar-refractivity contribution in [2.75, 3.05) is 5.43 Å². The maximum atomic E-state index is 12.8. The Morgan fingerprint density at radius 2 is 1.89 bits per heavy atom. The molecule has 142 valence electrons. The first-order valence-electron chi connectivity index (χ1n) is 8.65. The second kappa shape index (κ2) is 6.68. The Bertz CT molecular complexity index is 1280. The molecule has 0 aliphatic rings. The first-order chi connectivity index (χ1) is 13.3. The van der Waals surface area contributed by atoms with Gasteiger partial charge in [0.25, 0.3) is 11.5 Å². The van der Waals surface area contributed by atoms with Crippen molar-refractivity contribution in [1.29, 1.82) is 0 Å². The predicted octanol–water partition coefficient (Wildman–Crippen LogP) is 2.66. The van der Waals surface area contributed by atoms with Crippen LogP contribution in [0.3, 0.4) is 0 Å². The molecule has 28 heavy (non-hydrogen) atoms. The number of hydrogen-bond donors (Lipinski definition) is 1. The molecule has 4 rings (SSSR count). The third kappa shape index (κ3) is 2.99. The number of carbonyl (C=O) groups excluding carboxylic acids is 1. The summed E-state index contributed by atoms with van der Waals surface area (Å²) < 4.78 is 1.15. The van der Waals surface area contributed by atoms with Crippen molar-refractivity contribution in [2.45, 2.75) is 27.7 Å². The van der Waals surface area contributed by atoms with Crippen LogP contribution < -0.4 is 11.0 Å². The zero-order valence-electron chi connectivity index (χ0n) is 15.8. The molecule has 0 saturated heterocycles. The van der Waals surface area contributed by atoms with Crippen LogP contribution in [0.25, 0.3) is 15.9 Å². The Morgan fingerprint density at radius 3 is 2.64 bits per heavy atom. The minimum Gasteiger partial charge on any atom is -0.267 e. The number of amides is 1. The molecule has 0 unspecified atom stereocenters. The quantitative estimate of drug-likeness (QED) is 0.576. The van der Waals surface area contributed by atoms with Crippen molar-refractivity contribution in [1.82, 2.24) is 24.7 Å². The van der Waals surface area contributed by atoms with Gasteiger partial charge in [0, 0.05) is 0 Å². The van der Waals surface area contributed by atoms with Crippen molar-refractivity contribution >= 4 is 27.5 Å². The predicted molar refractivity (Wildman–Crippen MR) is 108 cm³/mol. The van der Waals surface area contributed by atoms with Gasteiger partial charge in [0.1, 0.15) is 10.7 Å². The molecule has 1 aromatic carbocycles. The monoisotopic (exact) mass is 394 g/mol. The third-order valence-electron chi connectivity index (χ3n) is 4.44. The second-order valence-electron chi connectivity index (χ2n) is 6.59. The molecule has 0 saturated carbocycles. The van der Waals surface area contributed by atoms with Crippen molar-refractivity contribution in [3.63, 3.8) is 0 Å². The summed E-state index contributed by atoms with van der Waals surface area (Å²) in [5.41, 5.74) is 5.82. The van der Waals surface area contributed by atoms with E-state index in [0.29, 0.717) is 21.7 Å². The molecule has 9 heteroatoms. The van der Waals surface area contributed by atoms with E-state index in [-0.39, 0.29) is 11.3 Å². The molecule has 4 aromatic rings. The zero-order valence-corrected chi connectivity index (χ0v) is 16.7. The highest BCUT2D eigenvalue weighted by molar-refractivity contribution is 7.16. The summed E-state index contributed by atoms with van der Waals surface area (Å²) in [7, 11) is 0. The maximum Gasteiger partial charge on any atom is 0.292 e. The van der Waals surface area contributed by atoms with Gasteiger partial charge in [0.2, 0.25) is 0 Å².